The van der Waals surface area contributed by atoms with Gasteiger partial charge >= 0.3 is 0 Å². The summed E-state index contributed by atoms with van der Waals surface area (Å²) in [5.41, 5.74) is 0.724. The van der Waals surface area contributed by atoms with Crippen LogP contribution in [0.2, 0.25) is 0 Å². The third-order valence-corrected chi connectivity index (χ3v) is 3.70. The minimum Gasteiger partial charge on any atom is -0.347 e. The van der Waals surface area contributed by atoms with Crippen molar-refractivity contribution in [3.05, 3.63) is 34.3 Å². The zero-order valence-corrected chi connectivity index (χ0v) is 11.0. The summed E-state index contributed by atoms with van der Waals surface area (Å²) in [7, 11) is 0. The van der Waals surface area contributed by atoms with Gasteiger partial charge in [0.25, 0.3) is 5.91 Å². The molecule has 1 aliphatic carbocycles. The van der Waals surface area contributed by atoms with Gasteiger partial charge in [0.2, 0.25) is 0 Å². The molecule has 86 valence electrons. The Balaban J connectivity index is 2.08. The number of carbonyl (C=O) groups is 1. The van der Waals surface area contributed by atoms with Gasteiger partial charge in [-0.15, -0.1) is 0 Å². The van der Waals surface area contributed by atoms with Gasteiger partial charge in [0.05, 0.1) is 0 Å². The molecule has 3 heteroatoms. The average Bonchev–Trinajstić information content (AvgIpc) is 2.65. The number of carbonyl (C=O) groups excluding carboxylic acids is 1. The molecule has 0 heterocycles. The first kappa shape index (κ1) is 11.6. The first-order valence-electron chi connectivity index (χ1n) is 5.67. The molecule has 0 aliphatic heterocycles. The van der Waals surface area contributed by atoms with Gasteiger partial charge in [0.1, 0.15) is 0 Å². The molecule has 1 amide bonds. The van der Waals surface area contributed by atoms with Gasteiger partial charge in [-0.3, -0.25) is 4.79 Å². The first-order valence-corrected chi connectivity index (χ1v) is 6.46. The first-order chi connectivity index (χ1) is 7.59. The van der Waals surface area contributed by atoms with E-state index in [0.717, 1.165) is 22.9 Å². The van der Waals surface area contributed by atoms with Crippen molar-refractivity contribution in [2.45, 2.75) is 38.1 Å². The van der Waals surface area contributed by atoms with Crippen molar-refractivity contribution in [3.8, 4) is 0 Å². The van der Waals surface area contributed by atoms with Crippen molar-refractivity contribution in [2.24, 2.45) is 0 Å². The van der Waals surface area contributed by atoms with E-state index in [9.17, 15) is 4.79 Å². The topological polar surface area (TPSA) is 29.1 Å². The molecule has 2 nitrogen and oxygen atoms in total. The minimum absolute atomic E-state index is 0.000594. The lowest BCUT2D eigenvalue weighted by molar-refractivity contribution is 0.0908. The Morgan fingerprint density at radius 1 is 1.38 bits per heavy atom. The van der Waals surface area contributed by atoms with Gasteiger partial charge in [0, 0.05) is 15.6 Å². The molecule has 1 N–H and O–H groups in total. The van der Waals surface area contributed by atoms with Crippen LogP contribution in [0.25, 0.3) is 0 Å². The van der Waals surface area contributed by atoms with E-state index in [-0.39, 0.29) is 11.4 Å². The summed E-state index contributed by atoms with van der Waals surface area (Å²) in [4.78, 5) is 12.0. The van der Waals surface area contributed by atoms with Crippen LogP contribution in [0.15, 0.2) is 28.7 Å². The smallest absolute Gasteiger partial charge is 0.251 e. The maximum absolute atomic E-state index is 12.0. The molecule has 0 unspecified atom stereocenters. The molecule has 0 saturated heterocycles. The summed E-state index contributed by atoms with van der Waals surface area (Å²) in [5.74, 6) is 0.0331. The standard InChI is InChI=1S/C13H16BrNO/c1-13(7-2-3-8-13)15-12(16)10-5-4-6-11(14)9-10/h4-6,9H,2-3,7-8H2,1H3,(H,15,16). The second kappa shape index (κ2) is 4.58. The summed E-state index contributed by atoms with van der Waals surface area (Å²) < 4.78 is 0.941. The fourth-order valence-electron chi connectivity index (χ4n) is 2.26. The molecule has 1 aromatic carbocycles. The van der Waals surface area contributed by atoms with Crippen LogP contribution < -0.4 is 5.32 Å². The largest absolute Gasteiger partial charge is 0.347 e. The number of nitrogens with one attached hydrogen (secondary N) is 1. The van der Waals surface area contributed by atoms with E-state index in [1.165, 1.54) is 12.8 Å². The van der Waals surface area contributed by atoms with E-state index in [4.69, 9.17) is 0 Å². The van der Waals surface area contributed by atoms with Crippen LogP contribution in [0.1, 0.15) is 43.0 Å². The molecule has 1 fully saturated rings. The summed E-state index contributed by atoms with van der Waals surface area (Å²) in [6, 6.07) is 7.51. The Morgan fingerprint density at radius 3 is 2.69 bits per heavy atom. The highest BCUT2D eigenvalue weighted by Crippen LogP contribution is 2.29. The van der Waals surface area contributed by atoms with Crippen LogP contribution in [0.3, 0.4) is 0 Å². The van der Waals surface area contributed by atoms with E-state index in [1.807, 2.05) is 24.3 Å². The molecule has 0 radical (unpaired) electrons. The second-order valence-electron chi connectivity index (χ2n) is 4.73. The number of hydrogen-bond acceptors (Lipinski definition) is 1. The molecule has 0 bridgehead atoms. The van der Waals surface area contributed by atoms with Gasteiger partial charge in [-0.1, -0.05) is 34.8 Å². The predicted molar refractivity (Wildman–Crippen MR) is 68.5 cm³/mol. The Kier molecular flexibility index (Phi) is 3.33. The summed E-state index contributed by atoms with van der Waals surface area (Å²) >= 11 is 3.38. The monoisotopic (exact) mass is 281 g/mol. The number of rotatable bonds is 2. The summed E-state index contributed by atoms with van der Waals surface area (Å²) in [6.07, 6.45) is 4.62. The highest BCUT2D eigenvalue weighted by atomic mass is 79.9. The van der Waals surface area contributed by atoms with Crippen molar-refractivity contribution in [1.29, 1.82) is 0 Å². The van der Waals surface area contributed by atoms with Crippen molar-refractivity contribution in [1.82, 2.24) is 5.32 Å². The fourth-order valence-corrected chi connectivity index (χ4v) is 2.66. The Hall–Kier alpha value is -0.830. The number of hydrogen-bond donors (Lipinski definition) is 1. The van der Waals surface area contributed by atoms with Crippen molar-refractivity contribution < 1.29 is 4.79 Å². The van der Waals surface area contributed by atoms with Crippen LogP contribution in [-0.2, 0) is 0 Å². The molecule has 0 atom stereocenters. The van der Waals surface area contributed by atoms with Gasteiger partial charge in [-0.2, -0.15) is 0 Å². The lowest BCUT2D eigenvalue weighted by Crippen LogP contribution is -2.43. The minimum atomic E-state index is -0.000594. The molecule has 2 rings (SSSR count). The van der Waals surface area contributed by atoms with Crippen LogP contribution >= 0.6 is 15.9 Å². The third-order valence-electron chi connectivity index (χ3n) is 3.21. The molecule has 0 aromatic heterocycles. The quantitative estimate of drug-likeness (QED) is 0.883. The zero-order valence-electron chi connectivity index (χ0n) is 9.42. The SMILES string of the molecule is CC1(NC(=O)c2cccc(Br)c2)CCCC1. The molecule has 0 spiro atoms. The van der Waals surface area contributed by atoms with E-state index in [1.54, 1.807) is 0 Å². The summed E-state index contributed by atoms with van der Waals surface area (Å²) in [6.45, 7) is 2.13. The molecular formula is C13H16BrNO. The molecule has 1 aromatic rings. The highest BCUT2D eigenvalue weighted by Gasteiger charge is 2.30. The van der Waals surface area contributed by atoms with Gasteiger partial charge in [0.15, 0.2) is 0 Å². The molecular weight excluding hydrogens is 266 g/mol. The van der Waals surface area contributed by atoms with Crippen LogP contribution in [0, 0.1) is 0 Å². The summed E-state index contributed by atoms with van der Waals surface area (Å²) in [5, 5.41) is 3.14. The molecule has 1 aliphatic rings. The zero-order chi connectivity index (χ0) is 11.6. The molecule has 1 saturated carbocycles. The van der Waals surface area contributed by atoms with E-state index in [0.29, 0.717) is 0 Å². The van der Waals surface area contributed by atoms with Crippen molar-refractivity contribution >= 4 is 21.8 Å². The fraction of sp³-hybridized carbons (Fsp3) is 0.462. The average molecular weight is 282 g/mol. The highest BCUT2D eigenvalue weighted by molar-refractivity contribution is 9.10. The van der Waals surface area contributed by atoms with Crippen molar-refractivity contribution in [2.75, 3.05) is 0 Å². The maximum Gasteiger partial charge on any atom is 0.251 e. The van der Waals surface area contributed by atoms with Crippen LogP contribution in [0.4, 0.5) is 0 Å². The van der Waals surface area contributed by atoms with Gasteiger partial charge in [-0.05, 0) is 38.0 Å². The Bertz CT molecular complexity index is 397. The predicted octanol–water partition coefficient (Wildman–Crippen LogP) is 3.51. The van der Waals surface area contributed by atoms with Crippen LogP contribution in [-0.4, -0.2) is 11.4 Å². The maximum atomic E-state index is 12.0. The lowest BCUT2D eigenvalue weighted by atomic mass is 10.00. The van der Waals surface area contributed by atoms with Gasteiger partial charge in [-0.25, -0.2) is 0 Å². The Labute approximate surface area is 105 Å². The number of halogens is 1. The van der Waals surface area contributed by atoms with Crippen LogP contribution in [0.5, 0.6) is 0 Å². The van der Waals surface area contributed by atoms with E-state index < -0.39 is 0 Å². The van der Waals surface area contributed by atoms with E-state index >= 15 is 0 Å². The number of benzene rings is 1. The number of amides is 1. The lowest BCUT2D eigenvalue weighted by Gasteiger charge is -2.25. The normalized spacial score (nSPS) is 18.4. The van der Waals surface area contributed by atoms with E-state index in [2.05, 4.69) is 28.2 Å². The molecule has 16 heavy (non-hydrogen) atoms. The van der Waals surface area contributed by atoms with Crippen molar-refractivity contribution in [3.63, 3.8) is 0 Å². The van der Waals surface area contributed by atoms with Gasteiger partial charge < -0.3 is 5.32 Å². The third kappa shape index (κ3) is 2.64. The second-order valence-corrected chi connectivity index (χ2v) is 5.65. The Morgan fingerprint density at radius 2 is 2.06 bits per heavy atom.